The normalized spacial score (nSPS) is 17.9. The van der Waals surface area contributed by atoms with Gasteiger partial charge in [-0.3, -0.25) is 14.5 Å². The molecule has 0 bridgehead atoms. The van der Waals surface area contributed by atoms with E-state index in [0.717, 1.165) is 43.0 Å². The standard InChI is InChI=1S/C31H43N3O7S/c1-4-41-31(36)23-13-17-34(18-14-23)42(37,38)26-10-8-9-24(19-26)29(35)22-32-21-28(33-15-6-5-7-16-33)27-20-25(39-2)11-12-30(27)40-3/h8-12,19-20,23,28,32H,4-7,13-18,21-22H2,1-3H3. The molecule has 2 aliphatic heterocycles. The van der Waals surface area contributed by atoms with Gasteiger partial charge in [-0.05, 0) is 76.0 Å². The summed E-state index contributed by atoms with van der Waals surface area (Å²) in [5, 5.41) is 3.32. The van der Waals surface area contributed by atoms with Crippen molar-refractivity contribution in [3.05, 3.63) is 53.6 Å². The van der Waals surface area contributed by atoms with E-state index in [1.54, 1.807) is 33.3 Å². The van der Waals surface area contributed by atoms with Gasteiger partial charge in [0.05, 0.1) is 44.2 Å². The van der Waals surface area contributed by atoms with Crippen molar-refractivity contribution in [2.24, 2.45) is 5.92 Å². The maximum atomic E-state index is 13.4. The van der Waals surface area contributed by atoms with E-state index in [4.69, 9.17) is 14.2 Å². The van der Waals surface area contributed by atoms with E-state index in [-0.39, 0.29) is 48.2 Å². The van der Waals surface area contributed by atoms with Crippen LogP contribution in [0.4, 0.5) is 0 Å². The lowest BCUT2D eigenvalue weighted by atomic mass is 9.98. The maximum absolute atomic E-state index is 13.4. The summed E-state index contributed by atoms with van der Waals surface area (Å²) >= 11 is 0. The molecular weight excluding hydrogens is 558 g/mol. The number of sulfonamides is 1. The number of hydrogen-bond donors (Lipinski definition) is 1. The number of nitrogens with one attached hydrogen (secondary N) is 1. The summed E-state index contributed by atoms with van der Waals surface area (Å²) in [5.74, 6) is 0.752. The van der Waals surface area contributed by atoms with E-state index >= 15 is 0 Å². The third-order valence-electron chi connectivity index (χ3n) is 8.12. The number of carbonyl (C=O) groups is 2. The second kappa shape index (κ2) is 15.0. The number of ether oxygens (including phenoxy) is 3. The molecule has 0 aromatic heterocycles. The summed E-state index contributed by atoms with van der Waals surface area (Å²) in [6, 6.07) is 11.9. The van der Waals surface area contributed by atoms with Gasteiger partial charge in [0.25, 0.3) is 0 Å². The van der Waals surface area contributed by atoms with E-state index in [9.17, 15) is 18.0 Å². The Balaban J connectivity index is 1.42. The van der Waals surface area contributed by atoms with Gasteiger partial charge >= 0.3 is 5.97 Å². The van der Waals surface area contributed by atoms with Crippen molar-refractivity contribution in [3.8, 4) is 11.5 Å². The van der Waals surface area contributed by atoms with Crippen molar-refractivity contribution >= 4 is 21.8 Å². The van der Waals surface area contributed by atoms with E-state index in [0.29, 0.717) is 31.6 Å². The molecule has 0 saturated carbocycles. The van der Waals surface area contributed by atoms with Gasteiger partial charge in [0, 0.05) is 30.8 Å². The number of methoxy groups -OCH3 is 2. The van der Waals surface area contributed by atoms with E-state index in [1.165, 1.54) is 22.9 Å². The molecule has 2 aliphatic rings. The van der Waals surface area contributed by atoms with Crippen molar-refractivity contribution in [2.45, 2.75) is 50.0 Å². The number of rotatable bonds is 13. The van der Waals surface area contributed by atoms with E-state index < -0.39 is 10.0 Å². The molecule has 10 nitrogen and oxygen atoms in total. The van der Waals surface area contributed by atoms with Gasteiger partial charge in [-0.1, -0.05) is 18.6 Å². The van der Waals surface area contributed by atoms with Gasteiger partial charge < -0.3 is 19.5 Å². The Morgan fingerprint density at radius 1 is 0.976 bits per heavy atom. The highest BCUT2D eigenvalue weighted by Crippen LogP contribution is 2.34. The number of Topliss-reactive ketones (excluding diaryl/α,β-unsaturated/α-hetero) is 1. The number of carbonyl (C=O) groups excluding carboxylic acids is 2. The van der Waals surface area contributed by atoms with Gasteiger partial charge in [0.1, 0.15) is 11.5 Å². The van der Waals surface area contributed by atoms with Gasteiger partial charge in [0.2, 0.25) is 10.0 Å². The minimum atomic E-state index is -3.80. The molecule has 2 heterocycles. The number of hydrogen-bond acceptors (Lipinski definition) is 9. The summed E-state index contributed by atoms with van der Waals surface area (Å²) in [4.78, 5) is 27.8. The molecule has 2 saturated heterocycles. The zero-order valence-electron chi connectivity index (χ0n) is 24.8. The van der Waals surface area contributed by atoms with E-state index in [1.807, 2.05) is 18.2 Å². The number of benzene rings is 2. The lowest BCUT2D eigenvalue weighted by Gasteiger charge is -2.35. The summed E-state index contributed by atoms with van der Waals surface area (Å²) in [7, 11) is -0.513. The topological polar surface area (TPSA) is 114 Å². The Hall–Kier alpha value is -2.99. The first kappa shape index (κ1) is 31.9. The Kier molecular flexibility index (Phi) is 11.4. The minimum Gasteiger partial charge on any atom is -0.497 e. The fourth-order valence-electron chi connectivity index (χ4n) is 5.76. The molecule has 2 fully saturated rings. The second-order valence-corrected chi connectivity index (χ2v) is 12.7. The fourth-order valence-corrected chi connectivity index (χ4v) is 7.28. The van der Waals surface area contributed by atoms with Crippen LogP contribution >= 0.6 is 0 Å². The Bertz CT molecular complexity index is 1320. The monoisotopic (exact) mass is 601 g/mol. The SMILES string of the molecule is CCOC(=O)C1CCN(S(=O)(=O)c2cccc(C(=O)CNCC(c3cc(OC)ccc3OC)N3CCCCC3)c2)CC1. The molecule has 42 heavy (non-hydrogen) atoms. The molecular formula is C31H43N3O7S. The number of nitrogens with zero attached hydrogens (tertiary/aromatic N) is 2. The smallest absolute Gasteiger partial charge is 0.309 e. The third-order valence-corrected chi connectivity index (χ3v) is 10.0. The molecule has 2 aromatic carbocycles. The fraction of sp³-hybridized carbons (Fsp3) is 0.548. The van der Waals surface area contributed by atoms with E-state index in [2.05, 4.69) is 10.2 Å². The lowest BCUT2D eigenvalue weighted by Crippen LogP contribution is -2.41. The van der Waals surface area contributed by atoms with Gasteiger partial charge in [-0.25, -0.2) is 8.42 Å². The van der Waals surface area contributed by atoms with Crippen molar-refractivity contribution in [1.29, 1.82) is 0 Å². The number of likely N-dealkylation sites (tertiary alicyclic amines) is 1. The first-order valence-corrected chi connectivity index (χ1v) is 16.2. The van der Waals surface area contributed by atoms with Crippen molar-refractivity contribution in [1.82, 2.24) is 14.5 Å². The molecule has 2 aromatic rings. The largest absolute Gasteiger partial charge is 0.497 e. The predicted octanol–water partition coefficient (Wildman–Crippen LogP) is 3.67. The highest BCUT2D eigenvalue weighted by Gasteiger charge is 2.33. The highest BCUT2D eigenvalue weighted by molar-refractivity contribution is 7.89. The molecule has 0 amide bonds. The molecule has 0 aliphatic carbocycles. The molecule has 11 heteroatoms. The molecule has 0 spiro atoms. The number of ketones is 1. The van der Waals surface area contributed by atoms with Crippen LogP contribution in [-0.2, 0) is 19.6 Å². The third kappa shape index (κ3) is 7.69. The van der Waals surface area contributed by atoms with Crippen LogP contribution in [0.1, 0.15) is 61.0 Å². The van der Waals surface area contributed by atoms with Crippen LogP contribution in [0.2, 0.25) is 0 Å². The molecule has 4 rings (SSSR count). The zero-order valence-corrected chi connectivity index (χ0v) is 25.7. The van der Waals surface area contributed by atoms with Gasteiger partial charge in [0.15, 0.2) is 5.78 Å². The summed E-state index contributed by atoms with van der Waals surface area (Å²) in [5.41, 5.74) is 1.33. The highest BCUT2D eigenvalue weighted by atomic mass is 32.2. The average Bonchev–Trinajstić information content (AvgIpc) is 3.03. The zero-order chi connectivity index (χ0) is 30.1. The average molecular weight is 602 g/mol. The van der Waals surface area contributed by atoms with Crippen LogP contribution in [0, 0.1) is 5.92 Å². The lowest BCUT2D eigenvalue weighted by molar-refractivity contribution is -0.149. The van der Waals surface area contributed by atoms with Crippen LogP contribution in [0.25, 0.3) is 0 Å². The summed E-state index contributed by atoms with van der Waals surface area (Å²) < 4.78 is 44.4. The van der Waals surface area contributed by atoms with Crippen LogP contribution in [0.3, 0.4) is 0 Å². The van der Waals surface area contributed by atoms with Crippen LogP contribution < -0.4 is 14.8 Å². The number of piperidine rings is 2. The Morgan fingerprint density at radius 2 is 1.71 bits per heavy atom. The van der Waals surface area contributed by atoms with Crippen molar-refractivity contribution < 1.29 is 32.2 Å². The van der Waals surface area contributed by atoms with Crippen LogP contribution in [0.15, 0.2) is 47.4 Å². The Labute approximate surface area is 249 Å². The quantitative estimate of drug-likeness (QED) is 0.271. The molecule has 1 atom stereocenters. The first-order chi connectivity index (χ1) is 20.3. The minimum absolute atomic E-state index is 0.0209. The van der Waals surface area contributed by atoms with Gasteiger partial charge in [-0.2, -0.15) is 4.31 Å². The Morgan fingerprint density at radius 3 is 2.38 bits per heavy atom. The van der Waals surface area contributed by atoms with Crippen LogP contribution in [0.5, 0.6) is 11.5 Å². The second-order valence-electron chi connectivity index (χ2n) is 10.7. The van der Waals surface area contributed by atoms with Crippen molar-refractivity contribution in [2.75, 3.05) is 60.1 Å². The molecule has 1 unspecified atom stereocenters. The summed E-state index contributed by atoms with van der Waals surface area (Å²) in [6.07, 6.45) is 4.26. The molecule has 0 radical (unpaired) electrons. The first-order valence-electron chi connectivity index (χ1n) is 14.7. The van der Waals surface area contributed by atoms with Crippen molar-refractivity contribution in [3.63, 3.8) is 0 Å². The molecule has 1 N–H and O–H groups in total. The number of esters is 1. The maximum Gasteiger partial charge on any atom is 0.309 e. The van der Waals surface area contributed by atoms with Crippen LogP contribution in [-0.4, -0.2) is 89.5 Å². The summed E-state index contributed by atoms with van der Waals surface area (Å²) in [6.45, 7) is 5.02. The predicted molar refractivity (Wildman–Crippen MR) is 159 cm³/mol. The molecule has 230 valence electrons. The van der Waals surface area contributed by atoms with Gasteiger partial charge in [-0.15, -0.1) is 0 Å².